The first-order valence-corrected chi connectivity index (χ1v) is 8.19. The number of nitrogens with one attached hydrogen (secondary N) is 2. The number of hydrogen-bond donors (Lipinski definition) is 2. The molecule has 0 bridgehead atoms. The Kier molecular flexibility index (Phi) is 5.30. The summed E-state index contributed by atoms with van der Waals surface area (Å²) in [4.78, 5) is 18.3. The SMILES string of the molecule is CN(C)c1ccc(Nc2ccc(C(=O)Nc3ccc(F)c(F)c3)nc2)cc1. The van der Waals surface area contributed by atoms with E-state index in [0.29, 0.717) is 0 Å². The zero-order chi connectivity index (χ0) is 19.4. The van der Waals surface area contributed by atoms with E-state index >= 15 is 0 Å². The smallest absolute Gasteiger partial charge is 0.274 e. The van der Waals surface area contributed by atoms with Crippen LogP contribution in [-0.4, -0.2) is 25.0 Å². The Labute approximate surface area is 155 Å². The summed E-state index contributed by atoms with van der Waals surface area (Å²) in [7, 11) is 3.94. The largest absolute Gasteiger partial charge is 0.378 e. The minimum atomic E-state index is -1.03. The van der Waals surface area contributed by atoms with Gasteiger partial charge in [-0.05, 0) is 48.5 Å². The van der Waals surface area contributed by atoms with Crippen LogP contribution in [0.25, 0.3) is 0 Å². The summed E-state index contributed by atoms with van der Waals surface area (Å²) in [5.41, 5.74) is 3.01. The third-order valence-electron chi connectivity index (χ3n) is 3.85. The van der Waals surface area contributed by atoms with Crippen LogP contribution >= 0.6 is 0 Å². The number of nitrogens with zero attached hydrogens (tertiary/aromatic N) is 2. The van der Waals surface area contributed by atoms with Crippen LogP contribution in [0.3, 0.4) is 0 Å². The third kappa shape index (κ3) is 4.58. The topological polar surface area (TPSA) is 57.3 Å². The normalized spacial score (nSPS) is 10.4. The molecule has 1 amide bonds. The van der Waals surface area contributed by atoms with Crippen LogP contribution in [0.2, 0.25) is 0 Å². The Morgan fingerprint density at radius 3 is 2.15 bits per heavy atom. The predicted molar refractivity (Wildman–Crippen MR) is 103 cm³/mol. The van der Waals surface area contributed by atoms with Gasteiger partial charge in [0, 0.05) is 37.2 Å². The Hall–Kier alpha value is -3.48. The number of halogens is 2. The molecule has 0 atom stereocenters. The van der Waals surface area contributed by atoms with E-state index in [0.717, 1.165) is 29.2 Å². The molecule has 0 fully saturated rings. The van der Waals surface area contributed by atoms with Crippen LogP contribution in [0.15, 0.2) is 60.8 Å². The molecule has 0 aliphatic heterocycles. The molecular weight excluding hydrogens is 350 g/mol. The van der Waals surface area contributed by atoms with Crippen molar-refractivity contribution in [2.24, 2.45) is 0 Å². The average molecular weight is 368 g/mol. The van der Waals surface area contributed by atoms with Gasteiger partial charge in [0.05, 0.1) is 11.9 Å². The monoisotopic (exact) mass is 368 g/mol. The molecule has 0 aliphatic rings. The lowest BCUT2D eigenvalue weighted by Crippen LogP contribution is -2.13. The molecule has 138 valence electrons. The Balaban J connectivity index is 1.65. The first-order valence-electron chi connectivity index (χ1n) is 8.19. The second-order valence-corrected chi connectivity index (χ2v) is 6.08. The van der Waals surface area contributed by atoms with E-state index in [4.69, 9.17) is 0 Å². The second-order valence-electron chi connectivity index (χ2n) is 6.08. The van der Waals surface area contributed by atoms with Gasteiger partial charge in [-0.15, -0.1) is 0 Å². The summed E-state index contributed by atoms with van der Waals surface area (Å²) in [5, 5.41) is 5.67. The van der Waals surface area contributed by atoms with Crippen molar-refractivity contribution in [3.05, 3.63) is 78.1 Å². The number of anilines is 4. The molecule has 1 heterocycles. The van der Waals surface area contributed by atoms with Gasteiger partial charge in [0.25, 0.3) is 5.91 Å². The van der Waals surface area contributed by atoms with E-state index in [9.17, 15) is 13.6 Å². The molecule has 3 aromatic rings. The fourth-order valence-electron chi connectivity index (χ4n) is 2.38. The summed E-state index contributed by atoms with van der Waals surface area (Å²) in [6, 6.07) is 14.3. The summed E-state index contributed by atoms with van der Waals surface area (Å²) in [5.74, 6) is -2.51. The minimum absolute atomic E-state index is 0.156. The van der Waals surface area contributed by atoms with Gasteiger partial charge in [-0.25, -0.2) is 13.8 Å². The van der Waals surface area contributed by atoms with Crippen LogP contribution < -0.4 is 15.5 Å². The highest BCUT2D eigenvalue weighted by molar-refractivity contribution is 6.02. The van der Waals surface area contributed by atoms with Crippen LogP contribution in [0, 0.1) is 11.6 Å². The molecule has 3 rings (SSSR count). The molecule has 5 nitrogen and oxygen atoms in total. The standard InChI is InChI=1S/C20H18F2N4O/c1-26(2)16-7-3-13(4-8-16)24-15-6-10-19(23-12-15)20(27)25-14-5-9-17(21)18(22)11-14/h3-12,24H,1-2H3,(H,25,27). The Morgan fingerprint density at radius 2 is 1.56 bits per heavy atom. The highest BCUT2D eigenvalue weighted by Crippen LogP contribution is 2.20. The van der Waals surface area contributed by atoms with E-state index in [1.54, 1.807) is 12.1 Å². The Bertz CT molecular complexity index is 941. The summed E-state index contributed by atoms with van der Waals surface area (Å²) >= 11 is 0. The van der Waals surface area contributed by atoms with Gasteiger partial charge in [0.1, 0.15) is 5.69 Å². The number of aromatic nitrogens is 1. The number of amides is 1. The molecular formula is C20H18F2N4O. The molecule has 0 spiro atoms. The van der Waals surface area contributed by atoms with Crippen molar-refractivity contribution in [3.8, 4) is 0 Å². The van der Waals surface area contributed by atoms with Crippen molar-refractivity contribution < 1.29 is 13.6 Å². The molecule has 0 radical (unpaired) electrons. The fraction of sp³-hybridized carbons (Fsp3) is 0.100. The van der Waals surface area contributed by atoms with Crippen molar-refractivity contribution >= 4 is 28.7 Å². The molecule has 0 unspecified atom stereocenters. The first-order chi connectivity index (χ1) is 12.9. The molecule has 27 heavy (non-hydrogen) atoms. The van der Waals surface area contributed by atoms with E-state index in [2.05, 4.69) is 15.6 Å². The van der Waals surface area contributed by atoms with Gasteiger partial charge in [0.2, 0.25) is 0 Å². The van der Waals surface area contributed by atoms with Gasteiger partial charge in [-0.3, -0.25) is 4.79 Å². The third-order valence-corrected chi connectivity index (χ3v) is 3.85. The lowest BCUT2D eigenvalue weighted by Gasteiger charge is -2.13. The zero-order valence-electron chi connectivity index (χ0n) is 14.8. The van der Waals surface area contributed by atoms with Gasteiger partial charge in [-0.2, -0.15) is 0 Å². The number of benzene rings is 2. The van der Waals surface area contributed by atoms with Crippen LogP contribution in [0.1, 0.15) is 10.5 Å². The van der Waals surface area contributed by atoms with Gasteiger partial charge >= 0.3 is 0 Å². The van der Waals surface area contributed by atoms with Crippen LogP contribution in [0.5, 0.6) is 0 Å². The lowest BCUT2D eigenvalue weighted by atomic mass is 10.2. The van der Waals surface area contributed by atoms with Crippen LogP contribution in [-0.2, 0) is 0 Å². The van der Waals surface area contributed by atoms with Crippen molar-refractivity contribution in [3.63, 3.8) is 0 Å². The number of pyridine rings is 1. The zero-order valence-corrected chi connectivity index (χ0v) is 14.8. The lowest BCUT2D eigenvalue weighted by molar-refractivity contribution is 0.102. The van der Waals surface area contributed by atoms with E-state index in [1.165, 1.54) is 12.3 Å². The highest BCUT2D eigenvalue weighted by atomic mass is 19.2. The molecule has 2 aromatic carbocycles. The van der Waals surface area contributed by atoms with Gasteiger partial charge in [0.15, 0.2) is 11.6 Å². The molecule has 2 N–H and O–H groups in total. The van der Waals surface area contributed by atoms with Crippen molar-refractivity contribution in [2.75, 3.05) is 29.6 Å². The maximum Gasteiger partial charge on any atom is 0.274 e. The molecule has 7 heteroatoms. The Morgan fingerprint density at radius 1 is 0.889 bits per heavy atom. The number of rotatable bonds is 5. The molecule has 0 saturated carbocycles. The second kappa shape index (κ2) is 7.82. The quantitative estimate of drug-likeness (QED) is 0.700. The van der Waals surface area contributed by atoms with E-state index in [-0.39, 0.29) is 11.4 Å². The molecule has 0 aliphatic carbocycles. The maximum atomic E-state index is 13.2. The minimum Gasteiger partial charge on any atom is -0.378 e. The van der Waals surface area contributed by atoms with Gasteiger partial charge < -0.3 is 15.5 Å². The fourth-order valence-corrected chi connectivity index (χ4v) is 2.38. The molecule has 0 saturated heterocycles. The van der Waals surface area contributed by atoms with E-state index < -0.39 is 17.5 Å². The van der Waals surface area contributed by atoms with Crippen LogP contribution in [0.4, 0.5) is 31.5 Å². The summed E-state index contributed by atoms with van der Waals surface area (Å²) < 4.78 is 26.1. The van der Waals surface area contributed by atoms with Crippen molar-refractivity contribution in [1.29, 1.82) is 0 Å². The molecule has 1 aromatic heterocycles. The van der Waals surface area contributed by atoms with Crippen molar-refractivity contribution in [1.82, 2.24) is 4.98 Å². The maximum absolute atomic E-state index is 13.2. The number of carbonyl (C=O) groups excluding carboxylic acids is 1. The van der Waals surface area contributed by atoms with E-state index in [1.807, 2.05) is 43.3 Å². The summed E-state index contributed by atoms with van der Waals surface area (Å²) in [6.07, 6.45) is 1.53. The average Bonchev–Trinajstić information content (AvgIpc) is 2.66. The summed E-state index contributed by atoms with van der Waals surface area (Å²) in [6.45, 7) is 0. The first kappa shape index (κ1) is 18.3. The van der Waals surface area contributed by atoms with Gasteiger partial charge in [-0.1, -0.05) is 0 Å². The number of carbonyl (C=O) groups is 1. The predicted octanol–water partition coefficient (Wildman–Crippen LogP) is 4.42. The number of hydrogen-bond acceptors (Lipinski definition) is 4. The van der Waals surface area contributed by atoms with Crippen molar-refractivity contribution in [2.45, 2.75) is 0 Å². The highest BCUT2D eigenvalue weighted by Gasteiger charge is 2.10.